The lowest BCUT2D eigenvalue weighted by Crippen LogP contribution is -2.53. The summed E-state index contributed by atoms with van der Waals surface area (Å²) in [6.07, 6.45) is 3.14. The molecule has 0 atom stereocenters. The van der Waals surface area contributed by atoms with E-state index in [0.29, 0.717) is 42.9 Å². The first-order chi connectivity index (χ1) is 15.8. The fourth-order valence-corrected chi connectivity index (χ4v) is 7.65. The molecule has 1 heterocycles. The maximum absolute atomic E-state index is 14.0. The van der Waals surface area contributed by atoms with Crippen molar-refractivity contribution < 1.29 is 17.9 Å². The van der Waals surface area contributed by atoms with Gasteiger partial charge < -0.3 is 14.5 Å². The summed E-state index contributed by atoms with van der Waals surface area (Å²) >= 11 is 0. The average molecular weight is 471 g/mol. The number of carbonyl (C=O) groups excluding carboxylic acids is 1. The largest absolute Gasteiger partial charge is 0.497 e. The second kappa shape index (κ2) is 9.37. The van der Waals surface area contributed by atoms with Gasteiger partial charge in [-0.3, -0.25) is 4.79 Å². The molecule has 1 saturated heterocycles. The number of hydrogen-bond donors (Lipinski definition) is 0. The van der Waals surface area contributed by atoms with Crippen LogP contribution in [0.25, 0.3) is 0 Å². The van der Waals surface area contributed by atoms with E-state index in [1.165, 1.54) is 0 Å². The summed E-state index contributed by atoms with van der Waals surface area (Å²) in [5.74, 6) is 0.600. The Kier molecular flexibility index (Phi) is 6.71. The summed E-state index contributed by atoms with van der Waals surface area (Å²) in [6.45, 7) is 6.32. The van der Waals surface area contributed by atoms with Crippen molar-refractivity contribution in [3.63, 3.8) is 0 Å². The molecular formula is C26H34N2O4S. The first-order valence-electron chi connectivity index (χ1n) is 11.8. The maximum atomic E-state index is 14.0. The van der Waals surface area contributed by atoms with E-state index in [9.17, 15) is 13.2 Å². The average Bonchev–Trinajstić information content (AvgIpc) is 3.21. The minimum atomic E-state index is -3.81. The molecule has 0 radical (unpaired) electrons. The Bertz CT molecular complexity index is 1110. The lowest BCUT2D eigenvalue weighted by Gasteiger charge is -2.34. The highest BCUT2D eigenvalue weighted by atomic mass is 32.2. The zero-order chi connectivity index (χ0) is 23.6. The quantitative estimate of drug-likeness (QED) is 0.657. The van der Waals surface area contributed by atoms with E-state index in [2.05, 4.69) is 4.90 Å². The molecule has 1 aliphatic heterocycles. The zero-order valence-electron chi connectivity index (χ0n) is 19.8. The molecule has 2 aromatic carbocycles. The van der Waals surface area contributed by atoms with Gasteiger partial charge >= 0.3 is 0 Å². The highest BCUT2D eigenvalue weighted by Gasteiger charge is 2.54. The van der Waals surface area contributed by atoms with Crippen molar-refractivity contribution in [2.75, 3.05) is 38.2 Å². The summed E-state index contributed by atoms with van der Waals surface area (Å²) in [7, 11) is -2.16. The van der Waals surface area contributed by atoms with Crippen molar-refractivity contribution >= 4 is 21.4 Å². The third kappa shape index (κ3) is 4.35. The van der Waals surface area contributed by atoms with Crippen LogP contribution in [-0.4, -0.2) is 57.3 Å². The van der Waals surface area contributed by atoms with Crippen LogP contribution in [0.5, 0.6) is 5.75 Å². The molecule has 33 heavy (non-hydrogen) atoms. The lowest BCUT2D eigenvalue weighted by atomic mass is 10.1. The van der Waals surface area contributed by atoms with Gasteiger partial charge in [-0.15, -0.1) is 0 Å². The lowest BCUT2D eigenvalue weighted by molar-refractivity contribution is -0.133. The Hall–Kier alpha value is -2.54. The van der Waals surface area contributed by atoms with E-state index < -0.39 is 14.6 Å². The van der Waals surface area contributed by atoms with Gasteiger partial charge in [0.15, 0.2) is 14.6 Å². The van der Waals surface area contributed by atoms with Crippen molar-refractivity contribution in [3.05, 3.63) is 53.6 Å². The third-order valence-corrected chi connectivity index (χ3v) is 9.80. The highest BCUT2D eigenvalue weighted by molar-refractivity contribution is 7.93. The smallest absolute Gasteiger partial charge is 0.244 e. The van der Waals surface area contributed by atoms with E-state index >= 15 is 0 Å². The second-order valence-corrected chi connectivity index (χ2v) is 11.5. The van der Waals surface area contributed by atoms with Gasteiger partial charge in [-0.05, 0) is 74.6 Å². The van der Waals surface area contributed by atoms with E-state index in [1.54, 1.807) is 18.1 Å². The fourth-order valence-electron chi connectivity index (χ4n) is 5.21. The molecule has 0 unspecified atom stereocenters. The van der Waals surface area contributed by atoms with E-state index in [0.717, 1.165) is 42.8 Å². The van der Waals surface area contributed by atoms with Crippen molar-refractivity contribution in [2.24, 2.45) is 0 Å². The van der Waals surface area contributed by atoms with Crippen LogP contribution in [0.15, 0.2) is 47.4 Å². The fraction of sp³-hybridized carbons (Fsp3) is 0.500. The number of aryl methyl sites for hydroxylation is 2. The molecule has 0 aromatic heterocycles. The minimum Gasteiger partial charge on any atom is -0.497 e. The topological polar surface area (TPSA) is 66.9 Å². The molecule has 7 heteroatoms. The Morgan fingerprint density at radius 2 is 1.61 bits per heavy atom. The molecule has 2 fully saturated rings. The van der Waals surface area contributed by atoms with Crippen molar-refractivity contribution in [3.8, 4) is 5.75 Å². The normalized spacial score (nSPS) is 18.8. The summed E-state index contributed by atoms with van der Waals surface area (Å²) in [6, 6.07) is 13.4. The Morgan fingerprint density at radius 3 is 2.27 bits per heavy atom. The van der Waals surface area contributed by atoms with Crippen LogP contribution >= 0.6 is 0 Å². The number of rotatable bonds is 5. The summed E-state index contributed by atoms with van der Waals surface area (Å²) < 4.78 is 31.9. The van der Waals surface area contributed by atoms with Crippen LogP contribution in [0.2, 0.25) is 0 Å². The molecule has 1 amide bonds. The number of anilines is 1. The summed E-state index contributed by atoms with van der Waals surface area (Å²) in [5, 5.41) is 0. The van der Waals surface area contributed by atoms with E-state index in [-0.39, 0.29) is 5.91 Å². The summed E-state index contributed by atoms with van der Waals surface area (Å²) in [4.78, 5) is 18.3. The van der Waals surface area contributed by atoms with Gasteiger partial charge in [-0.25, -0.2) is 8.42 Å². The Morgan fingerprint density at radius 1 is 0.909 bits per heavy atom. The maximum Gasteiger partial charge on any atom is 0.244 e. The molecule has 0 spiro atoms. The van der Waals surface area contributed by atoms with Crippen LogP contribution in [0.1, 0.15) is 43.2 Å². The molecule has 4 rings (SSSR count). The highest BCUT2D eigenvalue weighted by Crippen LogP contribution is 2.43. The van der Waals surface area contributed by atoms with Crippen molar-refractivity contribution in [1.29, 1.82) is 0 Å². The molecule has 0 N–H and O–H groups in total. The SMILES string of the molecule is COc1ccc(N2CCCN(C(=O)C3(S(=O)(=O)c4cc(C)ccc4C)CCCC3)CC2)cc1. The molecule has 6 nitrogen and oxygen atoms in total. The van der Waals surface area contributed by atoms with Crippen molar-refractivity contribution in [2.45, 2.75) is 55.6 Å². The van der Waals surface area contributed by atoms with Crippen LogP contribution in [-0.2, 0) is 14.6 Å². The van der Waals surface area contributed by atoms with E-state index in [1.807, 2.05) is 50.2 Å². The molecule has 1 saturated carbocycles. The van der Waals surface area contributed by atoms with Gasteiger partial charge in [0, 0.05) is 31.9 Å². The van der Waals surface area contributed by atoms with Crippen LogP contribution in [0.3, 0.4) is 0 Å². The molecule has 2 aromatic rings. The zero-order valence-corrected chi connectivity index (χ0v) is 20.7. The number of benzene rings is 2. The molecule has 0 bridgehead atoms. The monoisotopic (exact) mass is 470 g/mol. The van der Waals surface area contributed by atoms with Crippen molar-refractivity contribution in [1.82, 2.24) is 4.90 Å². The number of carbonyl (C=O) groups is 1. The van der Waals surface area contributed by atoms with Gasteiger partial charge in [0.25, 0.3) is 0 Å². The standard InChI is InChI=1S/C26H34N2O4S/c1-20-7-8-21(2)24(19-20)33(30,31)26(13-4-5-14-26)25(29)28-16-6-15-27(17-18-28)22-9-11-23(32-3)12-10-22/h7-12,19H,4-6,13-18H2,1-3H3. The third-order valence-electron chi connectivity index (χ3n) is 7.17. The molecule has 2 aliphatic rings. The number of amides is 1. The number of methoxy groups -OCH3 is 1. The predicted molar refractivity (Wildman–Crippen MR) is 131 cm³/mol. The number of nitrogens with zero attached hydrogens (tertiary/aromatic N) is 2. The van der Waals surface area contributed by atoms with Gasteiger partial charge in [0.2, 0.25) is 5.91 Å². The Balaban J connectivity index is 1.59. The molecule has 178 valence electrons. The number of ether oxygens (including phenoxy) is 1. The second-order valence-electron chi connectivity index (χ2n) is 9.30. The minimum absolute atomic E-state index is 0.211. The van der Waals surface area contributed by atoms with Crippen LogP contribution in [0.4, 0.5) is 5.69 Å². The van der Waals surface area contributed by atoms with E-state index in [4.69, 9.17) is 4.74 Å². The Labute approximate surface area is 197 Å². The first kappa shape index (κ1) is 23.6. The van der Waals surface area contributed by atoms with Gasteiger partial charge in [0.05, 0.1) is 12.0 Å². The van der Waals surface area contributed by atoms with Gasteiger partial charge in [-0.1, -0.05) is 25.0 Å². The molecular weight excluding hydrogens is 436 g/mol. The molecule has 1 aliphatic carbocycles. The number of hydrogen-bond acceptors (Lipinski definition) is 5. The number of sulfone groups is 1. The predicted octanol–water partition coefficient (Wildman–Crippen LogP) is 4.14. The first-order valence-corrected chi connectivity index (χ1v) is 13.3. The van der Waals surface area contributed by atoms with Gasteiger partial charge in [0.1, 0.15) is 5.75 Å². The van der Waals surface area contributed by atoms with Crippen LogP contribution < -0.4 is 9.64 Å². The summed E-state index contributed by atoms with van der Waals surface area (Å²) in [5.41, 5.74) is 2.69. The van der Waals surface area contributed by atoms with Crippen LogP contribution in [0, 0.1) is 13.8 Å². The van der Waals surface area contributed by atoms with Gasteiger partial charge in [-0.2, -0.15) is 0 Å².